The highest BCUT2D eigenvalue weighted by Gasteiger charge is 2.18. The largest absolute Gasteiger partial charge is 0.444 e. The van der Waals surface area contributed by atoms with Crippen LogP contribution < -0.4 is 16.0 Å². The van der Waals surface area contributed by atoms with E-state index in [9.17, 15) is 14.4 Å². The van der Waals surface area contributed by atoms with Crippen molar-refractivity contribution in [1.82, 2.24) is 10.3 Å². The molecule has 3 amide bonds. The summed E-state index contributed by atoms with van der Waals surface area (Å²) in [5, 5.41) is 16.4. The number of amides is 3. The monoisotopic (exact) mass is 438 g/mol. The van der Waals surface area contributed by atoms with E-state index in [1.165, 1.54) is 0 Å². The van der Waals surface area contributed by atoms with Gasteiger partial charge in [-0.3, -0.25) is 14.9 Å². The average Bonchev–Trinajstić information content (AvgIpc) is 2.87. The fourth-order valence-corrected chi connectivity index (χ4v) is 2.46. The second-order valence-electron chi connectivity index (χ2n) is 7.58. The Morgan fingerprint density at radius 2 is 1.97 bits per heavy atom. The quantitative estimate of drug-likeness (QED) is 0.533. The van der Waals surface area contributed by atoms with Gasteiger partial charge in [0.2, 0.25) is 5.91 Å². The summed E-state index contributed by atoms with van der Waals surface area (Å²) < 4.78 is 5.14. The molecule has 0 bridgehead atoms. The second-order valence-corrected chi connectivity index (χ2v) is 7.58. The standard InChI is InChI=1S/C14H18N2O3.C9H8N2O2/c1-14(2,3)19-13(18)16-12-11(7-4-5-10-17)8-6-9-15-12;12-8-5-10-9(13)6-3-1-2-4-7(6)11-8/h6,8-9,17H,5,10H2,1-3H3,(H,15,16,18);1-4H,5H2,(H,10,13)(H,11,12). The zero-order valence-corrected chi connectivity index (χ0v) is 18.2. The van der Waals surface area contributed by atoms with E-state index in [-0.39, 0.29) is 25.0 Å². The molecule has 0 atom stereocenters. The van der Waals surface area contributed by atoms with Gasteiger partial charge in [-0.15, -0.1) is 0 Å². The van der Waals surface area contributed by atoms with E-state index >= 15 is 0 Å². The molecule has 0 radical (unpaired) electrons. The Morgan fingerprint density at radius 1 is 1.22 bits per heavy atom. The number of anilines is 2. The van der Waals surface area contributed by atoms with Gasteiger partial charge in [-0.1, -0.05) is 24.0 Å². The van der Waals surface area contributed by atoms with Crippen molar-refractivity contribution < 1.29 is 24.2 Å². The first-order valence-electron chi connectivity index (χ1n) is 9.91. The van der Waals surface area contributed by atoms with Gasteiger partial charge in [0.25, 0.3) is 5.91 Å². The Morgan fingerprint density at radius 3 is 2.69 bits per heavy atom. The van der Waals surface area contributed by atoms with Crippen LogP contribution in [-0.4, -0.2) is 46.8 Å². The number of rotatable bonds is 2. The fraction of sp³-hybridized carbons (Fsp3) is 0.304. The highest BCUT2D eigenvalue weighted by atomic mass is 16.6. The van der Waals surface area contributed by atoms with Crippen molar-refractivity contribution in [1.29, 1.82) is 0 Å². The van der Waals surface area contributed by atoms with Gasteiger partial charge >= 0.3 is 6.09 Å². The molecule has 0 saturated carbocycles. The number of nitrogens with zero attached hydrogens (tertiary/aromatic N) is 1. The number of aliphatic hydroxyl groups excluding tert-OH is 1. The molecular weight excluding hydrogens is 412 g/mol. The fourth-order valence-electron chi connectivity index (χ4n) is 2.46. The van der Waals surface area contributed by atoms with Gasteiger partial charge in [-0.2, -0.15) is 0 Å². The normalized spacial score (nSPS) is 12.4. The number of carbonyl (C=O) groups excluding carboxylic acids is 3. The van der Waals surface area contributed by atoms with Crippen LogP contribution in [0.4, 0.5) is 16.3 Å². The molecule has 9 nitrogen and oxygen atoms in total. The molecule has 2 heterocycles. The maximum absolute atomic E-state index is 11.6. The number of hydrogen-bond acceptors (Lipinski definition) is 6. The minimum Gasteiger partial charge on any atom is -0.444 e. The first kappa shape index (κ1) is 24.4. The van der Waals surface area contributed by atoms with Gasteiger partial charge in [0.1, 0.15) is 5.60 Å². The maximum atomic E-state index is 11.6. The molecule has 2 aromatic rings. The molecule has 1 aromatic heterocycles. The summed E-state index contributed by atoms with van der Waals surface area (Å²) in [6, 6.07) is 10.4. The van der Waals surface area contributed by atoms with Crippen molar-refractivity contribution in [2.24, 2.45) is 0 Å². The molecule has 0 unspecified atom stereocenters. The van der Waals surface area contributed by atoms with Crippen LogP contribution >= 0.6 is 0 Å². The predicted molar refractivity (Wildman–Crippen MR) is 120 cm³/mol. The molecule has 9 heteroatoms. The van der Waals surface area contributed by atoms with Crippen LogP contribution in [0.1, 0.15) is 43.1 Å². The number of para-hydroxylation sites is 1. The van der Waals surface area contributed by atoms with Gasteiger partial charge in [0.15, 0.2) is 5.82 Å². The molecule has 0 saturated heterocycles. The third-order valence-corrected chi connectivity index (χ3v) is 3.74. The van der Waals surface area contributed by atoms with Gasteiger partial charge in [-0.05, 0) is 45.0 Å². The summed E-state index contributed by atoms with van der Waals surface area (Å²) in [5.41, 5.74) is 1.10. The highest BCUT2D eigenvalue weighted by Crippen LogP contribution is 2.16. The Labute approximate surface area is 186 Å². The lowest BCUT2D eigenvalue weighted by molar-refractivity contribution is -0.115. The zero-order valence-electron chi connectivity index (χ0n) is 18.2. The van der Waals surface area contributed by atoms with Crippen molar-refractivity contribution >= 4 is 29.4 Å². The zero-order chi connectivity index (χ0) is 23.6. The number of fused-ring (bicyclic) bond motifs is 1. The third-order valence-electron chi connectivity index (χ3n) is 3.74. The number of carbonyl (C=O) groups is 3. The van der Waals surface area contributed by atoms with E-state index in [0.717, 1.165) is 0 Å². The molecule has 0 fully saturated rings. The summed E-state index contributed by atoms with van der Waals surface area (Å²) >= 11 is 0. The summed E-state index contributed by atoms with van der Waals surface area (Å²) in [4.78, 5) is 38.1. The maximum Gasteiger partial charge on any atom is 0.413 e. The summed E-state index contributed by atoms with van der Waals surface area (Å²) in [5.74, 6) is 5.56. The lowest BCUT2D eigenvalue weighted by atomic mass is 10.2. The molecule has 4 N–H and O–H groups in total. The van der Waals surface area contributed by atoms with E-state index in [0.29, 0.717) is 29.1 Å². The molecule has 1 aliphatic heterocycles. The smallest absolute Gasteiger partial charge is 0.413 e. The first-order chi connectivity index (χ1) is 15.2. The first-order valence-corrected chi connectivity index (χ1v) is 9.91. The highest BCUT2D eigenvalue weighted by molar-refractivity contribution is 6.08. The van der Waals surface area contributed by atoms with Crippen LogP contribution in [0.15, 0.2) is 42.6 Å². The Hall–Kier alpha value is -3.90. The predicted octanol–water partition coefficient (Wildman–Crippen LogP) is 2.53. The molecule has 1 aromatic carbocycles. The molecule has 0 spiro atoms. The van der Waals surface area contributed by atoms with E-state index < -0.39 is 11.7 Å². The molecular formula is C23H26N4O5. The molecule has 1 aliphatic rings. The summed E-state index contributed by atoms with van der Waals surface area (Å²) in [7, 11) is 0. The molecule has 168 valence electrons. The number of benzene rings is 1. The van der Waals surface area contributed by atoms with Crippen molar-refractivity contribution in [3.05, 3.63) is 53.7 Å². The third kappa shape index (κ3) is 8.08. The van der Waals surface area contributed by atoms with Gasteiger partial charge < -0.3 is 20.5 Å². The molecule has 32 heavy (non-hydrogen) atoms. The van der Waals surface area contributed by atoms with E-state index in [1.54, 1.807) is 63.4 Å². The van der Waals surface area contributed by atoms with Crippen molar-refractivity contribution in [3.63, 3.8) is 0 Å². The number of pyridine rings is 1. The van der Waals surface area contributed by atoms with Gasteiger partial charge in [-0.25, -0.2) is 9.78 Å². The minimum absolute atomic E-state index is 0.00207. The van der Waals surface area contributed by atoms with Crippen LogP contribution in [0, 0.1) is 11.8 Å². The van der Waals surface area contributed by atoms with Crippen LogP contribution in [0.3, 0.4) is 0 Å². The second kappa shape index (κ2) is 11.5. The number of aromatic nitrogens is 1. The van der Waals surface area contributed by atoms with Crippen molar-refractivity contribution in [2.45, 2.75) is 32.8 Å². The summed E-state index contributed by atoms with van der Waals surface area (Å²) in [6.45, 7) is 5.39. The number of aliphatic hydroxyl groups is 1. The SMILES string of the molecule is CC(C)(C)OC(=O)Nc1ncccc1C#CCCO.O=C1CNC(=O)c2ccccc2N1. The van der Waals surface area contributed by atoms with E-state index in [1.807, 2.05) is 0 Å². The van der Waals surface area contributed by atoms with Crippen molar-refractivity contribution in [2.75, 3.05) is 23.8 Å². The average molecular weight is 438 g/mol. The lowest BCUT2D eigenvalue weighted by Gasteiger charge is -2.19. The minimum atomic E-state index is -0.573. The van der Waals surface area contributed by atoms with E-state index in [2.05, 4.69) is 32.8 Å². The Bertz CT molecular complexity index is 1030. The van der Waals surface area contributed by atoms with Crippen LogP contribution in [0.5, 0.6) is 0 Å². The van der Waals surface area contributed by atoms with Gasteiger partial charge in [0.05, 0.1) is 30.0 Å². The van der Waals surface area contributed by atoms with Crippen LogP contribution in [0.25, 0.3) is 0 Å². The van der Waals surface area contributed by atoms with E-state index in [4.69, 9.17) is 9.84 Å². The van der Waals surface area contributed by atoms with Crippen LogP contribution in [0.2, 0.25) is 0 Å². The number of nitrogens with one attached hydrogen (secondary N) is 3. The Kier molecular flexibility index (Phi) is 8.74. The molecule has 0 aliphatic carbocycles. The topological polar surface area (TPSA) is 130 Å². The lowest BCUT2D eigenvalue weighted by Crippen LogP contribution is -2.28. The number of hydrogen-bond donors (Lipinski definition) is 4. The van der Waals surface area contributed by atoms with Crippen LogP contribution in [-0.2, 0) is 9.53 Å². The van der Waals surface area contributed by atoms with Crippen molar-refractivity contribution in [3.8, 4) is 11.8 Å². The van der Waals surface area contributed by atoms with Gasteiger partial charge in [0, 0.05) is 12.6 Å². The summed E-state index contributed by atoms with van der Waals surface area (Å²) in [6.07, 6.45) is 1.36. The molecule has 3 rings (SSSR count). The number of ether oxygens (including phenoxy) is 1. The Balaban J connectivity index is 0.000000242.